The Kier molecular flexibility index (Phi) is 5.65. The molecule has 0 fully saturated rings. The Morgan fingerprint density at radius 3 is 2.78 bits per heavy atom. The molecule has 1 amide bonds. The van der Waals surface area contributed by atoms with Crippen LogP contribution in [0.15, 0.2) is 66.9 Å². The van der Waals surface area contributed by atoms with Gasteiger partial charge in [0.2, 0.25) is 0 Å². The number of rotatable bonds is 6. The minimum Gasteiger partial charge on any atom is -0.496 e. The number of ether oxygens (including phenoxy) is 1. The molecule has 0 spiro atoms. The maximum Gasteiger partial charge on any atom is 0.274 e. The van der Waals surface area contributed by atoms with Crippen molar-refractivity contribution in [3.05, 3.63) is 83.7 Å². The van der Waals surface area contributed by atoms with Gasteiger partial charge >= 0.3 is 0 Å². The molecule has 6 heteroatoms. The summed E-state index contributed by atoms with van der Waals surface area (Å²) in [6, 6.07) is 20.0. The molecule has 0 unspecified atom stereocenters. The molecule has 0 radical (unpaired) electrons. The van der Waals surface area contributed by atoms with Crippen molar-refractivity contribution in [2.24, 2.45) is 0 Å². The third-order valence-electron chi connectivity index (χ3n) is 3.92. The highest BCUT2D eigenvalue weighted by atomic mass is 16.5. The molecule has 0 aliphatic heterocycles. The summed E-state index contributed by atoms with van der Waals surface area (Å²) >= 11 is 0. The van der Waals surface area contributed by atoms with E-state index < -0.39 is 0 Å². The molecule has 0 bridgehead atoms. The topological polar surface area (TPSA) is 87.0 Å². The summed E-state index contributed by atoms with van der Waals surface area (Å²) in [5.41, 5.74) is 3.09. The Bertz CT molecular complexity index is 995. The van der Waals surface area contributed by atoms with Crippen LogP contribution >= 0.6 is 0 Å². The highest BCUT2D eigenvalue weighted by molar-refractivity contribution is 6.03. The van der Waals surface area contributed by atoms with Gasteiger partial charge in [0.1, 0.15) is 11.4 Å². The van der Waals surface area contributed by atoms with Gasteiger partial charge in [-0.3, -0.25) is 9.78 Å². The van der Waals surface area contributed by atoms with Crippen molar-refractivity contribution in [3.8, 4) is 11.8 Å². The predicted molar refractivity (Wildman–Crippen MR) is 104 cm³/mol. The van der Waals surface area contributed by atoms with Crippen LogP contribution in [0.3, 0.4) is 0 Å². The van der Waals surface area contributed by atoms with Gasteiger partial charge in [-0.05, 0) is 36.4 Å². The second kappa shape index (κ2) is 8.50. The third-order valence-corrected chi connectivity index (χ3v) is 3.92. The number of carbonyl (C=O) groups excluding carboxylic acids is 1. The van der Waals surface area contributed by atoms with Crippen LogP contribution < -0.4 is 15.4 Å². The second-order valence-electron chi connectivity index (χ2n) is 5.74. The van der Waals surface area contributed by atoms with Crippen molar-refractivity contribution in [1.29, 1.82) is 5.26 Å². The van der Waals surface area contributed by atoms with Crippen LogP contribution in [0.4, 0.5) is 11.4 Å². The Balaban J connectivity index is 1.69. The fourth-order valence-corrected chi connectivity index (χ4v) is 2.57. The van der Waals surface area contributed by atoms with Crippen molar-refractivity contribution >= 4 is 17.3 Å². The molecule has 1 heterocycles. The molecule has 27 heavy (non-hydrogen) atoms. The predicted octanol–water partition coefficient (Wildman–Crippen LogP) is 3.83. The maximum absolute atomic E-state index is 12.4. The maximum atomic E-state index is 12.4. The monoisotopic (exact) mass is 358 g/mol. The fraction of sp³-hybridized carbons (Fsp3) is 0.0952. The van der Waals surface area contributed by atoms with Gasteiger partial charge in [0.25, 0.3) is 5.91 Å². The minimum absolute atomic E-state index is 0.280. The molecule has 0 atom stereocenters. The molecule has 2 N–H and O–H groups in total. The van der Waals surface area contributed by atoms with Gasteiger partial charge in [0.15, 0.2) is 0 Å². The quantitative estimate of drug-likeness (QED) is 0.699. The van der Waals surface area contributed by atoms with Crippen LogP contribution in [0.25, 0.3) is 0 Å². The molecule has 0 aliphatic carbocycles. The van der Waals surface area contributed by atoms with Crippen molar-refractivity contribution in [2.45, 2.75) is 6.54 Å². The standard InChI is InChI=1S/C21H18N4O2/c1-27-20-8-3-2-6-16(20)14-24-17-9-10-23-19(12-17)21(26)25-18-7-4-5-15(11-18)13-22/h2-12H,14H2,1H3,(H,23,24)(H,25,26). The first kappa shape index (κ1) is 18.0. The lowest BCUT2D eigenvalue weighted by Gasteiger charge is -2.11. The Morgan fingerprint density at radius 1 is 1.11 bits per heavy atom. The smallest absolute Gasteiger partial charge is 0.274 e. The van der Waals surface area contributed by atoms with Crippen molar-refractivity contribution in [1.82, 2.24) is 4.98 Å². The average molecular weight is 358 g/mol. The number of pyridine rings is 1. The van der Waals surface area contributed by atoms with Crippen LogP contribution in [0.1, 0.15) is 21.6 Å². The highest BCUT2D eigenvalue weighted by Gasteiger charge is 2.09. The lowest BCUT2D eigenvalue weighted by molar-refractivity contribution is 0.102. The average Bonchev–Trinajstić information content (AvgIpc) is 2.72. The first-order valence-corrected chi connectivity index (χ1v) is 8.33. The normalized spacial score (nSPS) is 9.93. The summed E-state index contributed by atoms with van der Waals surface area (Å²) in [5, 5.41) is 15.0. The molecule has 134 valence electrons. The van der Waals surface area contributed by atoms with E-state index in [2.05, 4.69) is 15.6 Å². The number of carbonyl (C=O) groups is 1. The van der Waals surface area contributed by atoms with Crippen LogP contribution in [0.2, 0.25) is 0 Å². The Morgan fingerprint density at radius 2 is 1.96 bits per heavy atom. The number of hydrogen-bond acceptors (Lipinski definition) is 5. The SMILES string of the molecule is COc1ccccc1CNc1ccnc(C(=O)Nc2cccc(C#N)c2)c1. The van der Waals surface area contributed by atoms with Gasteiger partial charge in [0.05, 0.1) is 18.7 Å². The lowest BCUT2D eigenvalue weighted by Crippen LogP contribution is -2.14. The summed E-state index contributed by atoms with van der Waals surface area (Å²) < 4.78 is 5.34. The second-order valence-corrected chi connectivity index (χ2v) is 5.74. The largest absolute Gasteiger partial charge is 0.496 e. The Hall–Kier alpha value is -3.85. The molecule has 6 nitrogen and oxygen atoms in total. The van der Waals surface area contributed by atoms with Gasteiger partial charge < -0.3 is 15.4 Å². The molecule has 3 aromatic rings. The van der Waals surface area contributed by atoms with E-state index in [1.54, 1.807) is 49.7 Å². The number of methoxy groups -OCH3 is 1. The van der Waals surface area contributed by atoms with Gasteiger partial charge in [-0.2, -0.15) is 5.26 Å². The van der Waals surface area contributed by atoms with Crippen molar-refractivity contribution in [2.75, 3.05) is 17.7 Å². The number of anilines is 2. The summed E-state index contributed by atoms with van der Waals surface area (Å²) in [5.74, 6) is 0.459. The first-order valence-electron chi connectivity index (χ1n) is 8.33. The summed E-state index contributed by atoms with van der Waals surface area (Å²) in [6.45, 7) is 0.555. The van der Waals surface area contributed by atoms with Crippen LogP contribution in [0.5, 0.6) is 5.75 Å². The number of nitriles is 1. The van der Waals surface area contributed by atoms with Gasteiger partial charge in [0, 0.05) is 29.7 Å². The van der Waals surface area contributed by atoms with E-state index >= 15 is 0 Å². The zero-order valence-corrected chi connectivity index (χ0v) is 14.8. The zero-order valence-electron chi connectivity index (χ0n) is 14.8. The molecule has 2 aromatic carbocycles. The van der Waals surface area contributed by atoms with E-state index in [9.17, 15) is 4.79 Å². The molecular formula is C21H18N4O2. The first-order chi connectivity index (χ1) is 13.2. The summed E-state index contributed by atoms with van der Waals surface area (Å²) in [7, 11) is 1.63. The molecule has 3 rings (SSSR count). The van der Waals surface area contributed by atoms with Gasteiger partial charge in [-0.25, -0.2) is 0 Å². The van der Waals surface area contributed by atoms with Crippen LogP contribution in [0, 0.1) is 11.3 Å². The number of aromatic nitrogens is 1. The van der Waals surface area contributed by atoms with Gasteiger partial charge in [-0.1, -0.05) is 24.3 Å². The number of benzene rings is 2. The lowest BCUT2D eigenvalue weighted by atomic mass is 10.2. The van der Waals surface area contributed by atoms with E-state index in [1.165, 1.54) is 0 Å². The van der Waals surface area contributed by atoms with E-state index in [-0.39, 0.29) is 11.6 Å². The number of nitrogens with zero attached hydrogens (tertiary/aromatic N) is 2. The fourth-order valence-electron chi connectivity index (χ4n) is 2.57. The van der Waals surface area contributed by atoms with Crippen molar-refractivity contribution in [3.63, 3.8) is 0 Å². The zero-order chi connectivity index (χ0) is 19.1. The molecule has 1 aromatic heterocycles. The Labute approximate surface area is 157 Å². The number of amides is 1. The minimum atomic E-state index is -0.342. The summed E-state index contributed by atoms with van der Waals surface area (Å²) in [6.07, 6.45) is 1.57. The number of nitrogens with one attached hydrogen (secondary N) is 2. The van der Waals surface area contributed by atoms with E-state index in [4.69, 9.17) is 10.00 Å². The van der Waals surface area contributed by atoms with E-state index in [1.807, 2.05) is 30.3 Å². The molecule has 0 saturated heterocycles. The van der Waals surface area contributed by atoms with Gasteiger partial charge in [-0.15, -0.1) is 0 Å². The summed E-state index contributed by atoms with van der Waals surface area (Å²) in [4.78, 5) is 16.6. The number of hydrogen-bond donors (Lipinski definition) is 2. The molecule has 0 saturated carbocycles. The van der Waals surface area contributed by atoms with E-state index in [0.717, 1.165) is 17.0 Å². The third kappa shape index (κ3) is 4.61. The highest BCUT2D eigenvalue weighted by Crippen LogP contribution is 2.19. The van der Waals surface area contributed by atoms with Crippen molar-refractivity contribution < 1.29 is 9.53 Å². The number of para-hydroxylation sites is 1. The molecular weight excluding hydrogens is 340 g/mol. The van der Waals surface area contributed by atoms with E-state index in [0.29, 0.717) is 17.8 Å². The van der Waals surface area contributed by atoms with Crippen LogP contribution in [-0.4, -0.2) is 18.0 Å². The molecule has 0 aliphatic rings. The van der Waals surface area contributed by atoms with Crippen LogP contribution in [-0.2, 0) is 6.54 Å².